The van der Waals surface area contributed by atoms with Gasteiger partial charge in [-0.2, -0.15) is 18.9 Å². The number of rotatable bonds is 4. The Hall–Kier alpha value is -2.16. The van der Waals surface area contributed by atoms with Gasteiger partial charge in [0.15, 0.2) is 10.2 Å². The summed E-state index contributed by atoms with van der Waals surface area (Å²) >= 11 is 1.11. The summed E-state index contributed by atoms with van der Waals surface area (Å²) in [5, 5.41) is 7.21. The summed E-state index contributed by atoms with van der Waals surface area (Å²) in [6, 6.07) is 5.23. The molecule has 0 fully saturated rings. The SMILES string of the molecule is FC(F)Oc1nc2ccccn2c1Sc1ncn[nH]1. The Morgan fingerprint density at radius 3 is 3.00 bits per heavy atom. The molecule has 0 aliphatic heterocycles. The summed E-state index contributed by atoms with van der Waals surface area (Å²) in [6.07, 6.45) is 3.04. The van der Waals surface area contributed by atoms with Gasteiger partial charge in [0.25, 0.3) is 5.88 Å². The second kappa shape index (κ2) is 4.84. The quantitative estimate of drug-likeness (QED) is 0.795. The van der Waals surface area contributed by atoms with Crippen LogP contribution in [0.25, 0.3) is 5.65 Å². The zero-order valence-corrected chi connectivity index (χ0v) is 10.1. The van der Waals surface area contributed by atoms with Crippen LogP contribution in [0, 0.1) is 0 Å². The van der Waals surface area contributed by atoms with E-state index in [9.17, 15) is 8.78 Å². The lowest BCUT2D eigenvalue weighted by molar-refractivity contribution is -0.0545. The Morgan fingerprint density at radius 1 is 1.37 bits per heavy atom. The molecule has 0 radical (unpaired) electrons. The van der Waals surface area contributed by atoms with Crippen LogP contribution >= 0.6 is 11.8 Å². The number of halogens is 2. The maximum atomic E-state index is 12.4. The first kappa shape index (κ1) is 11.9. The summed E-state index contributed by atoms with van der Waals surface area (Å²) in [4.78, 5) is 7.94. The number of hydrogen-bond acceptors (Lipinski definition) is 5. The molecule has 0 aliphatic carbocycles. The Kier molecular flexibility index (Phi) is 3.03. The average molecular weight is 283 g/mol. The molecule has 98 valence electrons. The molecule has 0 saturated carbocycles. The van der Waals surface area contributed by atoms with Crippen molar-refractivity contribution >= 4 is 17.4 Å². The van der Waals surface area contributed by atoms with E-state index in [1.807, 2.05) is 0 Å². The fraction of sp³-hybridized carbons (Fsp3) is 0.100. The van der Waals surface area contributed by atoms with Gasteiger partial charge in [0.2, 0.25) is 0 Å². The molecule has 0 aromatic carbocycles. The maximum Gasteiger partial charge on any atom is 0.388 e. The van der Waals surface area contributed by atoms with Crippen LogP contribution in [0.4, 0.5) is 8.78 Å². The van der Waals surface area contributed by atoms with Crippen molar-refractivity contribution in [1.29, 1.82) is 0 Å². The first-order valence-electron chi connectivity index (χ1n) is 5.19. The van der Waals surface area contributed by atoms with Crippen molar-refractivity contribution < 1.29 is 13.5 Å². The van der Waals surface area contributed by atoms with Crippen LogP contribution in [0.2, 0.25) is 0 Å². The molecule has 3 rings (SSSR count). The molecule has 3 aromatic heterocycles. The number of nitrogens with zero attached hydrogens (tertiary/aromatic N) is 4. The van der Waals surface area contributed by atoms with E-state index >= 15 is 0 Å². The van der Waals surface area contributed by atoms with Crippen molar-refractivity contribution in [2.75, 3.05) is 0 Å². The van der Waals surface area contributed by atoms with Crippen molar-refractivity contribution in [3.05, 3.63) is 30.7 Å². The Bertz CT molecular complexity index is 684. The zero-order chi connectivity index (χ0) is 13.2. The van der Waals surface area contributed by atoms with Gasteiger partial charge in [0, 0.05) is 6.20 Å². The maximum absolute atomic E-state index is 12.4. The number of H-pyrrole nitrogens is 1. The van der Waals surface area contributed by atoms with Crippen LogP contribution in [0.5, 0.6) is 5.88 Å². The molecule has 0 bridgehead atoms. The third-order valence-electron chi connectivity index (χ3n) is 2.24. The van der Waals surface area contributed by atoms with Gasteiger partial charge >= 0.3 is 6.61 Å². The third-order valence-corrected chi connectivity index (χ3v) is 3.20. The number of imidazole rings is 1. The van der Waals surface area contributed by atoms with Crippen LogP contribution in [-0.2, 0) is 0 Å². The molecule has 19 heavy (non-hydrogen) atoms. The first-order valence-corrected chi connectivity index (χ1v) is 6.01. The van der Waals surface area contributed by atoms with Gasteiger partial charge in [-0.15, -0.1) is 0 Å². The van der Waals surface area contributed by atoms with Crippen molar-refractivity contribution in [2.24, 2.45) is 0 Å². The number of nitrogens with one attached hydrogen (secondary N) is 1. The highest BCUT2D eigenvalue weighted by atomic mass is 32.2. The molecule has 3 aromatic rings. The molecule has 0 spiro atoms. The number of alkyl halides is 2. The molecule has 9 heteroatoms. The van der Waals surface area contributed by atoms with E-state index in [1.165, 1.54) is 6.33 Å². The van der Waals surface area contributed by atoms with E-state index in [0.717, 1.165) is 11.8 Å². The highest BCUT2D eigenvalue weighted by molar-refractivity contribution is 7.99. The Morgan fingerprint density at radius 2 is 2.26 bits per heavy atom. The molecule has 3 heterocycles. The highest BCUT2D eigenvalue weighted by Gasteiger charge is 2.19. The largest absolute Gasteiger partial charge is 0.414 e. The summed E-state index contributed by atoms with van der Waals surface area (Å²) < 4.78 is 30.9. The van der Waals surface area contributed by atoms with Crippen molar-refractivity contribution in [2.45, 2.75) is 16.8 Å². The predicted molar refractivity (Wildman–Crippen MR) is 62.3 cm³/mol. The minimum Gasteiger partial charge on any atom is -0.414 e. The number of hydrogen-bond donors (Lipinski definition) is 1. The summed E-state index contributed by atoms with van der Waals surface area (Å²) in [6.45, 7) is -2.93. The molecular formula is C10H7F2N5OS. The van der Waals surface area contributed by atoms with Crippen LogP contribution in [0.15, 0.2) is 40.9 Å². The van der Waals surface area contributed by atoms with E-state index in [1.54, 1.807) is 28.8 Å². The number of aromatic nitrogens is 5. The van der Waals surface area contributed by atoms with Crippen LogP contribution in [0.1, 0.15) is 0 Å². The van der Waals surface area contributed by atoms with Crippen molar-refractivity contribution in [3.63, 3.8) is 0 Å². The van der Waals surface area contributed by atoms with Gasteiger partial charge in [-0.05, 0) is 23.9 Å². The fourth-order valence-electron chi connectivity index (χ4n) is 1.54. The van der Waals surface area contributed by atoms with E-state index in [2.05, 4.69) is 24.9 Å². The highest BCUT2D eigenvalue weighted by Crippen LogP contribution is 2.34. The van der Waals surface area contributed by atoms with Gasteiger partial charge in [-0.3, -0.25) is 9.50 Å². The molecule has 0 aliphatic rings. The van der Waals surface area contributed by atoms with Gasteiger partial charge < -0.3 is 4.74 Å². The van der Waals surface area contributed by atoms with Gasteiger partial charge in [-0.25, -0.2) is 4.98 Å². The van der Waals surface area contributed by atoms with Crippen molar-refractivity contribution in [1.82, 2.24) is 24.6 Å². The van der Waals surface area contributed by atoms with Crippen molar-refractivity contribution in [3.8, 4) is 5.88 Å². The van der Waals surface area contributed by atoms with Crippen LogP contribution in [0.3, 0.4) is 0 Å². The molecule has 6 nitrogen and oxygen atoms in total. The molecular weight excluding hydrogens is 276 g/mol. The molecule has 0 atom stereocenters. The van der Waals surface area contributed by atoms with Gasteiger partial charge in [-0.1, -0.05) is 6.07 Å². The third kappa shape index (κ3) is 2.36. The number of ether oxygens (including phenoxy) is 1. The van der Waals surface area contributed by atoms with E-state index in [-0.39, 0.29) is 5.88 Å². The molecule has 0 unspecified atom stereocenters. The average Bonchev–Trinajstić information content (AvgIpc) is 2.99. The normalized spacial score (nSPS) is 11.3. The number of aromatic amines is 1. The first-order chi connectivity index (χ1) is 9.24. The standard InChI is InChI=1S/C10H7F2N5OS/c11-9(12)18-7-8(19-10-13-5-14-16-10)17-4-2-1-3-6(17)15-7/h1-5,9H,(H,13,14,16). The van der Waals surface area contributed by atoms with E-state index in [4.69, 9.17) is 0 Å². The predicted octanol–water partition coefficient (Wildman–Crippen LogP) is 2.20. The monoisotopic (exact) mass is 283 g/mol. The lowest BCUT2D eigenvalue weighted by Crippen LogP contribution is -2.03. The topological polar surface area (TPSA) is 68.1 Å². The molecule has 0 amide bonds. The summed E-state index contributed by atoms with van der Waals surface area (Å²) in [5.41, 5.74) is 0.514. The lowest BCUT2D eigenvalue weighted by Gasteiger charge is -2.03. The summed E-state index contributed by atoms with van der Waals surface area (Å²) in [7, 11) is 0. The van der Waals surface area contributed by atoms with E-state index in [0.29, 0.717) is 15.8 Å². The second-order valence-corrected chi connectivity index (χ2v) is 4.40. The lowest BCUT2D eigenvalue weighted by atomic mass is 10.5. The fourth-order valence-corrected chi connectivity index (χ4v) is 2.36. The zero-order valence-electron chi connectivity index (χ0n) is 9.33. The number of fused-ring (bicyclic) bond motifs is 1. The van der Waals surface area contributed by atoms with Gasteiger partial charge in [0.1, 0.15) is 12.0 Å². The minimum absolute atomic E-state index is 0.136. The van der Waals surface area contributed by atoms with Gasteiger partial charge in [0.05, 0.1) is 0 Å². The Labute approximate surface area is 109 Å². The number of pyridine rings is 1. The van der Waals surface area contributed by atoms with E-state index < -0.39 is 6.61 Å². The molecule has 1 N–H and O–H groups in total. The molecule has 0 saturated heterocycles. The minimum atomic E-state index is -2.93. The smallest absolute Gasteiger partial charge is 0.388 e. The summed E-state index contributed by atoms with van der Waals surface area (Å²) in [5.74, 6) is -0.136. The Balaban J connectivity index is 2.07. The second-order valence-electron chi connectivity index (χ2n) is 3.42. The van der Waals surface area contributed by atoms with Crippen LogP contribution in [-0.4, -0.2) is 31.2 Å². The van der Waals surface area contributed by atoms with Crippen LogP contribution < -0.4 is 4.74 Å².